The summed E-state index contributed by atoms with van der Waals surface area (Å²) in [5, 5.41) is 13.2. The van der Waals surface area contributed by atoms with Crippen LogP contribution in [0.25, 0.3) is 10.1 Å². The topological polar surface area (TPSA) is 75.3 Å². The third-order valence-corrected chi connectivity index (χ3v) is 4.53. The number of aliphatic hydroxyl groups excluding tert-OH is 1. The molecule has 2 rings (SSSR count). The summed E-state index contributed by atoms with van der Waals surface area (Å²) in [4.78, 5) is 12.7. The standard InChI is InChI=1S/C14H17ClN2O2S/c1-8(4-5-18)7-17-14(19)13-12(16)10-3-2-9(15)6-11(10)20-13/h2-3,6,8,18H,4-5,7,16H2,1H3,(H,17,19). The summed E-state index contributed by atoms with van der Waals surface area (Å²) in [6.07, 6.45) is 0.664. The fourth-order valence-corrected chi connectivity index (χ4v) is 3.24. The number of nitrogen functional groups attached to an aromatic ring is 1. The number of hydrogen-bond donors (Lipinski definition) is 3. The van der Waals surface area contributed by atoms with Gasteiger partial charge >= 0.3 is 0 Å². The summed E-state index contributed by atoms with van der Waals surface area (Å²) < 4.78 is 0.906. The summed E-state index contributed by atoms with van der Waals surface area (Å²) in [7, 11) is 0. The van der Waals surface area contributed by atoms with E-state index in [9.17, 15) is 4.79 Å². The van der Waals surface area contributed by atoms with Crippen molar-refractivity contribution >= 4 is 44.6 Å². The molecule has 0 fully saturated rings. The number of nitrogens with two attached hydrogens (primary N) is 1. The fraction of sp³-hybridized carbons (Fsp3) is 0.357. The first-order chi connectivity index (χ1) is 9.52. The first kappa shape index (κ1) is 15.1. The Hall–Kier alpha value is -1.30. The minimum absolute atomic E-state index is 0.126. The number of benzene rings is 1. The number of halogens is 1. The number of thiophene rings is 1. The van der Waals surface area contributed by atoms with Gasteiger partial charge in [0.1, 0.15) is 4.88 Å². The van der Waals surface area contributed by atoms with E-state index in [0.29, 0.717) is 28.6 Å². The second-order valence-electron chi connectivity index (χ2n) is 4.81. The molecule has 108 valence electrons. The van der Waals surface area contributed by atoms with Gasteiger partial charge in [-0.3, -0.25) is 4.79 Å². The molecule has 20 heavy (non-hydrogen) atoms. The maximum atomic E-state index is 12.2. The van der Waals surface area contributed by atoms with Crippen LogP contribution in [0.2, 0.25) is 5.02 Å². The Labute approximate surface area is 126 Å². The van der Waals surface area contributed by atoms with Gasteiger partial charge in [-0.15, -0.1) is 11.3 Å². The number of amides is 1. The molecule has 1 atom stereocenters. The Morgan fingerprint density at radius 3 is 3.00 bits per heavy atom. The molecular formula is C14H17ClN2O2S. The van der Waals surface area contributed by atoms with E-state index in [0.717, 1.165) is 10.1 Å². The molecule has 0 spiro atoms. The molecule has 2 aromatic rings. The van der Waals surface area contributed by atoms with Crippen molar-refractivity contribution in [1.29, 1.82) is 0 Å². The molecule has 0 saturated carbocycles. The van der Waals surface area contributed by atoms with E-state index in [2.05, 4.69) is 5.32 Å². The quantitative estimate of drug-likeness (QED) is 0.794. The van der Waals surface area contributed by atoms with Gasteiger partial charge in [-0.25, -0.2) is 0 Å². The summed E-state index contributed by atoms with van der Waals surface area (Å²) in [6.45, 7) is 2.62. The zero-order valence-electron chi connectivity index (χ0n) is 11.1. The lowest BCUT2D eigenvalue weighted by Gasteiger charge is -2.10. The molecule has 0 bridgehead atoms. The third-order valence-electron chi connectivity index (χ3n) is 3.13. The van der Waals surface area contributed by atoms with E-state index in [1.807, 2.05) is 19.1 Å². The molecule has 1 aromatic heterocycles. The molecule has 0 aliphatic heterocycles. The number of carbonyl (C=O) groups excluding carboxylic acids is 1. The van der Waals surface area contributed by atoms with Crippen molar-refractivity contribution in [2.75, 3.05) is 18.9 Å². The van der Waals surface area contributed by atoms with Gasteiger partial charge in [-0.05, 0) is 30.5 Å². The lowest BCUT2D eigenvalue weighted by molar-refractivity contribution is 0.0950. The van der Waals surface area contributed by atoms with Gasteiger partial charge in [0.15, 0.2) is 0 Å². The van der Waals surface area contributed by atoms with E-state index in [-0.39, 0.29) is 18.4 Å². The highest BCUT2D eigenvalue weighted by Crippen LogP contribution is 2.35. The Balaban J connectivity index is 2.16. The number of aliphatic hydroxyl groups is 1. The van der Waals surface area contributed by atoms with Crippen LogP contribution >= 0.6 is 22.9 Å². The molecule has 0 saturated heterocycles. The minimum atomic E-state index is -0.176. The number of hydrogen-bond acceptors (Lipinski definition) is 4. The Kier molecular flexibility index (Phi) is 4.86. The predicted molar refractivity (Wildman–Crippen MR) is 84.4 cm³/mol. The highest BCUT2D eigenvalue weighted by molar-refractivity contribution is 7.21. The molecule has 0 aliphatic carbocycles. The second-order valence-corrected chi connectivity index (χ2v) is 6.30. The number of rotatable bonds is 5. The molecule has 0 radical (unpaired) electrons. The Bertz CT molecular complexity index is 627. The summed E-state index contributed by atoms with van der Waals surface area (Å²) in [6, 6.07) is 5.40. The number of fused-ring (bicyclic) bond motifs is 1. The molecule has 1 heterocycles. The third kappa shape index (κ3) is 3.23. The van der Waals surface area contributed by atoms with E-state index in [1.54, 1.807) is 6.07 Å². The van der Waals surface area contributed by atoms with Crippen LogP contribution in [0.5, 0.6) is 0 Å². The van der Waals surface area contributed by atoms with Crippen LogP contribution in [-0.2, 0) is 0 Å². The van der Waals surface area contributed by atoms with Crippen LogP contribution in [0.4, 0.5) is 5.69 Å². The molecular weight excluding hydrogens is 296 g/mol. The van der Waals surface area contributed by atoms with Gasteiger partial charge in [-0.1, -0.05) is 18.5 Å². The highest BCUT2D eigenvalue weighted by atomic mass is 35.5. The smallest absolute Gasteiger partial charge is 0.263 e. The first-order valence-electron chi connectivity index (χ1n) is 6.39. The van der Waals surface area contributed by atoms with Crippen molar-refractivity contribution in [3.05, 3.63) is 28.1 Å². The van der Waals surface area contributed by atoms with Crippen molar-refractivity contribution in [3.63, 3.8) is 0 Å². The minimum Gasteiger partial charge on any atom is -0.397 e. The molecule has 1 aromatic carbocycles. The predicted octanol–water partition coefficient (Wildman–Crippen LogP) is 2.89. The zero-order chi connectivity index (χ0) is 14.7. The number of nitrogens with one attached hydrogen (secondary N) is 1. The van der Waals surface area contributed by atoms with Gasteiger partial charge in [0.2, 0.25) is 0 Å². The van der Waals surface area contributed by atoms with Crippen LogP contribution in [0.1, 0.15) is 23.0 Å². The lowest BCUT2D eigenvalue weighted by Crippen LogP contribution is -2.28. The number of carbonyl (C=O) groups is 1. The van der Waals surface area contributed by atoms with E-state index >= 15 is 0 Å². The summed E-state index contributed by atoms with van der Waals surface area (Å²) in [5.74, 6) is 0.0543. The molecule has 1 amide bonds. The molecule has 6 heteroatoms. The average molecular weight is 313 g/mol. The average Bonchev–Trinajstić information content (AvgIpc) is 2.73. The Morgan fingerprint density at radius 2 is 2.30 bits per heavy atom. The van der Waals surface area contributed by atoms with Crippen LogP contribution in [0.15, 0.2) is 18.2 Å². The summed E-state index contributed by atoms with van der Waals surface area (Å²) in [5.41, 5.74) is 6.52. The van der Waals surface area contributed by atoms with Crippen molar-refractivity contribution < 1.29 is 9.90 Å². The van der Waals surface area contributed by atoms with E-state index in [4.69, 9.17) is 22.4 Å². The molecule has 4 nitrogen and oxygen atoms in total. The van der Waals surface area contributed by atoms with Gasteiger partial charge in [0.05, 0.1) is 5.69 Å². The van der Waals surface area contributed by atoms with Crippen LogP contribution in [-0.4, -0.2) is 24.2 Å². The highest BCUT2D eigenvalue weighted by Gasteiger charge is 2.16. The van der Waals surface area contributed by atoms with Gasteiger partial charge in [-0.2, -0.15) is 0 Å². The normalized spacial score (nSPS) is 12.6. The van der Waals surface area contributed by atoms with Crippen LogP contribution < -0.4 is 11.1 Å². The zero-order valence-corrected chi connectivity index (χ0v) is 12.7. The van der Waals surface area contributed by atoms with Crippen molar-refractivity contribution in [1.82, 2.24) is 5.32 Å². The van der Waals surface area contributed by atoms with Crippen molar-refractivity contribution in [2.24, 2.45) is 5.92 Å². The Morgan fingerprint density at radius 1 is 1.55 bits per heavy atom. The van der Waals surface area contributed by atoms with Gasteiger partial charge in [0.25, 0.3) is 5.91 Å². The molecule has 4 N–H and O–H groups in total. The summed E-state index contributed by atoms with van der Waals surface area (Å²) >= 11 is 7.28. The monoisotopic (exact) mass is 312 g/mol. The lowest BCUT2D eigenvalue weighted by atomic mass is 10.1. The molecule has 1 unspecified atom stereocenters. The van der Waals surface area contributed by atoms with Crippen LogP contribution in [0, 0.1) is 5.92 Å². The van der Waals surface area contributed by atoms with Crippen molar-refractivity contribution in [3.8, 4) is 0 Å². The van der Waals surface area contributed by atoms with E-state index < -0.39 is 0 Å². The largest absolute Gasteiger partial charge is 0.397 e. The van der Waals surface area contributed by atoms with Crippen molar-refractivity contribution in [2.45, 2.75) is 13.3 Å². The second kappa shape index (κ2) is 6.43. The molecule has 0 aliphatic rings. The maximum absolute atomic E-state index is 12.2. The maximum Gasteiger partial charge on any atom is 0.263 e. The SMILES string of the molecule is CC(CCO)CNC(=O)c1sc2cc(Cl)ccc2c1N. The van der Waals surface area contributed by atoms with Crippen LogP contribution in [0.3, 0.4) is 0 Å². The van der Waals surface area contributed by atoms with Gasteiger partial charge in [0, 0.05) is 28.3 Å². The van der Waals surface area contributed by atoms with E-state index in [1.165, 1.54) is 11.3 Å². The number of anilines is 1. The first-order valence-corrected chi connectivity index (χ1v) is 7.59. The fourth-order valence-electron chi connectivity index (χ4n) is 1.93. The van der Waals surface area contributed by atoms with Gasteiger partial charge < -0.3 is 16.2 Å².